The minimum absolute atomic E-state index is 0.0639. The van der Waals surface area contributed by atoms with Crippen LogP contribution in [0.1, 0.15) is 46.0 Å². The van der Waals surface area contributed by atoms with Gasteiger partial charge in [-0.15, -0.1) is 11.8 Å². The van der Waals surface area contributed by atoms with Crippen LogP contribution in [-0.4, -0.2) is 35.6 Å². The zero-order valence-electron chi connectivity index (χ0n) is 14.7. The molecule has 2 aliphatic rings. The number of esters is 1. The Kier molecular flexibility index (Phi) is 4.49. The van der Waals surface area contributed by atoms with Crippen LogP contribution < -0.4 is 0 Å². The van der Waals surface area contributed by atoms with Gasteiger partial charge < -0.3 is 9.64 Å². The van der Waals surface area contributed by atoms with Crippen LogP contribution in [-0.2, 0) is 10.3 Å². The van der Waals surface area contributed by atoms with Crippen LogP contribution in [0.25, 0.3) is 0 Å². The summed E-state index contributed by atoms with van der Waals surface area (Å²) in [4.78, 5) is 28.1. The average Bonchev–Trinajstić information content (AvgIpc) is 2.95. The van der Waals surface area contributed by atoms with Gasteiger partial charge in [-0.3, -0.25) is 4.79 Å². The van der Waals surface area contributed by atoms with Crippen molar-refractivity contribution in [1.29, 1.82) is 0 Å². The molecule has 0 aliphatic carbocycles. The van der Waals surface area contributed by atoms with Gasteiger partial charge in [-0.1, -0.05) is 37.3 Å². The lowest BCUT2D eigenvalue weighted by Crippen LogP contribution is -2.45. The first-order valence-corrected chi connectivity index (χ1v) is 9.97. The number of carbonyl (C=O) groups is 2. The highest BCUT2D eigenvalue weighted by Gasteiger charge is 2.47. The standard InChI is InChI=1S/C21H21NO3S/c1-2-26-18-10-6-4-8-16(18)19(23)22-13-11-21(12-14-22)17-9-5-3-7-15(17)20(24)25-21/h3-10H,2,11-14H2,1H3. The van der Waals surface area contributed by atoms with Gasteiger partial charge in [0.15, 0.2) is 0 Å². The maximum Gasteiger partial charge on any atom is 0.339 e. The van der Waals surface area contributed by atoms with Crippen molar-refractivity contribution < 1.29 is 14.3 Å². The molecule has 26 heavy (non-hydrogen) atoms. The molecule has 4 rings (SSSR count). The Bertz CT molecular complexity index is 856. The third kappa shape index (κ3) is 2.80. The summed E-state index contributed by atoms with van der Waals surface area (Å²) in [5.41, 5.74) is 1.83. The van der Waals surface area contributed by atoms with Crippen molar-refractivity contribution in [2.75, 3.05) is 18.8 Å². The van der Waals surface area contributed by atoms with Crippen LogP contribution >= 0.6 is 11.8 Å². The molecule has 0 aromatic heterocycles. The monoisotopic (exact) mass is 367 g/mol. The third-order valence-corrected chi connectivity index (χ3v) is 6.16. The van der Waals surface area contributed by atoms with E-state index in [1.165, 1.54) is 0 Å². The van der Waals surface area contributed by atoms with Crippen molar-refractivity contribution >= 4 is 23.6 Å². The molecule has 134 valence electrons. The molecule has 1 amide bonds. The fourth-order valence-electron chi connectivity index (χ4n) is 3.88. The average molecular weight is 367 g/mol. The molecule has 0 bridgehead atoms. The molecular formula is C21H21NO3S. The first-order valence-electron chi connectivity index (χ1n) is 8.98. The minimum atomic E-state index is -0.567. The van der Waals surface area contributed by atoms with Crippen molar-refractivity contribution in [3.05, 3.63) is 65.2 Å². The van der Waals surface area contributed by atoms with Gasteiger partial charge in [-0.2, -0.15) is 0 Å². The van der Waals surface area contributed by atoms with E-state index in [4.69, 9.17) is 4.74 Å². The predicted octanol–water partition coefficient (Wildman–Crippen LogP) is 4.10. The molecular weight excluding hydrogens is 346 g/mol. The van der Waals surface area contributed by atoms with Crippen LogP contribution in [0.2, 0.25) is 0 Å². The van der Waals surface area contributed by atoms with E-state index in [1.54, 1.807) is 11.8 Å². The Hall–Kier alpha value is -2.27. The van der Waals surface area contributed by atoms with E-state index in [-0.39, 0.29) is 11.9 Å². The molecule has 2 heterocycles. The number of rotatable bonds is 3. The Morgan fingerprint density at radius 2 is 1.81 bits per heavy atom. The maximum absolute atomic E-state index is 13.0. The van der Waals surface area contributed by atoms with Crippen LogP contribution in [0.3, 0.4) is 0 Å². The topological polar surface area (TPSA) is 46.6 Å². The summed E-state index contributed by atoms with van der Waals surface area (Å²) < 4.78 is 5.78. The molecule has 0 N–H and O–H groups in total. The van der Waals surface area contributed by atoms with Gasteiger partial charge in [-0.05, 0) is 24.0 Å². The molecule has 0 radical (unpaired) electrons. The number of hydrogen-bond donors (Lipinski definition) is 0. The summed E-state index contributed by atoms with van der Waals surface area (Å²) in [6.07, 6.45) is 1.29. The Morgan fingerprint density at radius 1 is 1.12 bits per heavy atom. The number of amides is 1. The number of likely N-dealkylation sites (tertiary alicyclic amines) is 1. The van der Waals surface area contributed by atoms with Gasteiger partial charge in [0.2, 0.25) is 0 Å². The van der Waals surface area contributed by atoms with Crippen molar-refractivity contribution in [2.24, 2.45) is 0 Å². The first kappa shape index (κ1) is 17.2. The molecule has 2 aliphatic heterocycles. The lowest BCUT2D eigenvalue weighted by molar-refractivity contribution is -0.0390. The normalized spacial score (nSPS) is 17.9. The predicted molar refractivity (Wildman–Crippen MR) is 102 cm³/mol. The molecule has 5 heteroatoms. The SMILES string of the molecule is CCSc1ccccc1C(=O)N1CCC2(CC1)OC(=O)c1ccccc12. The largest absolute Gasteiger partial charge is 0.450 e. The fraction of sp³-hybridized carbons (Fsp3) is 0.333. The quantitative estimate of drug-likeness (QED) is 0.605. The minimum Gasteiger partial charge on any atom is -0.450 e. The molecule has 2 aromatic carbocycles. The smallest absolute Gasteiger partial charge is 0.339 e. The third-order valence-electron chi connectivity index (χ3n) is 5.20. The lowest BCUT2D eigenvalue weighted by atomic mass is 9.83. The lowest BCUT2D eigenvalue weighted by Gasteiger charge is -2.38. The van der Waals surface area contributed by atoms with E-state index in [9.17, 15) is 9.59 Å². The zero-order valence-corrected chi connectivity index (χ0v) is 15.6. The number of ether oxygens (including phenoxy) is 1. The second kappa shape index (κ2) is 6.80. The van der Waals surface area contributed by atoms with E-state index in [0.29, 0.717) is 31.5 Å². The highest BCUT2D eigenvalue weighted by molar-refractivity contribution is 7.99. The van der Waals surface area contributed by atoms with Crippen molar-refractivity contribution in [3.8, 4) is 0 Å². The van der Waals surface area contributed by atoms with E-state index in [0.717, 1.165) is 21.8 Å². The summed E-state index contributed by atoms with van der Waals surface area (Å²) in [6, 6.07) is 15.4. The zero-order chi connectivity index (χ0) is 18.1. The van der Waals surface area contributed by atoms with Crippen LogP contribution in [0.15, 0.2) is 53.4 Å². The van der Waals surface area contributed by atoms with E-state index in [1.807, 2.05) is 53.4 Å². The molecule has 0 saturated carbocycles. The molecule has 2 aromatic rings. The number of benzene rings is 2. The molecule has 1 saturated heterocycles. The summed E-state index contributed by atoms with van der Waals surface area (Å²) in [5, 5.41) is 0. The summed E-state index contributed by atoms with van der Waals surface area (Å²) in [5.74, 6) is 0.749. The second-order valence-corrected chi connectivity index (χ2v) is 7.96. The van der Waals surface area contributed by atoms with Crippen LogP contribution in [0.5, 0.6) is 0 Å². The number of fused-ring (bicyclic) bond motifs is 2. The van der Waals surface area contributed by atoms with Gasteiger partial charge in [-0.25, -0.2) is 4.79 Å². The number of hydrogen-bond acceptors (Lipinski definition) is 4. The van der Waals surface area contributed by atoms with Gasteiger partial charge in [0.25, 0.3) is 5.91 Å². The fourth-order valence-corrected chi connectivity index (χ4v) is 4.68. The molecule has 0 atom stereocenters. The van der Waals surface area contributed by atoms with Crippen molar-refractivity contribution in [1.82, 2.24) is 4.90 Å². The maximum atomic E-state index is 13.0. The van der Waals surface area contributed by atoms with Gasteiger partial charge in [0.05, 0.1) is 11.1 Å². The van der Waals surface area contributed by atoms with Gasteiger partial charge >= 0.3 is 5.97 Å². The van der Waals surface area contributed by atoms with Gasteiger partial charge in [0.1, 0.15) is 5.60 Å². The molecule has 0 unspecified atom stereocenters. The Labute approximate surface area is 157 Å². The van der Waals surface area contributed by atoms with E-state index >= 15 is 0 Å². The number of carbonyl (C=O) groups excluding carboxylic acids is 2. The molecule has 1 spiro atoms. The second-order valence-electron chi connectivity index (χ2n) is 6.65. The molecule has 1 fully saturated rings. The van der Waals surface area contributed by atoms with Crippen LogP contribution in [0.4, 0.5) is 0 Å². The van der Waals surface area contributed by atoms with Crippen molar-refractivity contribution in [2.45, 2.75) is 30.3 Å². The Balaban J connectivity index is 1.53. The highest BCUT2D eigenvalue weighted by atomic mass is 32.2. The number of thioether (sulfide) groups is 1. The summed E-state index contributed by atoms with van der Waals surface area (Å²) in [7, 11) is 0. The molecule has 4 nitrogen and oxygen atoms in total. The highest BCUT2D eigenvalue weighted by Crippen LogP contribution is 2.44. The van der Waals surface area contributed by atoms with Gasteiger partial charge in [0, 0.05) is 36.4 Å². The van der Waals surface area contributed by atoms with Crippen molar-refractivity contribution in [3.63, 3.8) is 0 Å². The summed E-state index contributed by atoms with van der Waals surface area (Å²) in [6.45, 7) is 3.26. The van der Waals surface area contributed by atoms with Crippen LogP contribution in [0, 0.1) is 0 Å². The first-order chi connectivity index (χ1) is 12.6. The number of nitrogens with zero attached hydrogens (tertiary/aromatic N) is 1. The summed E-state index contributed by atoms with van der Waals surface area (Å²) >= 11 is 1.69. The van der Waals surface area contributed by atoms with E-state index in [2.05, 4.69) is 6.92 Å². The van der Waals surface area contributed by atoms with E-state index < -0.39 is 5.60 Å². The Morgan fingerprint density at radius 3 is 2.58 bits per heavy atom. The number of piperidine rings is 1.